The predicted octanol–water partition coefficient (Wildman–Crippen LogP) is 3.03. The van der Waals surface area contributed by atoms with Crippen molar-refractivity contribution in [3.8, 4) is 6.07 Å². The third-order valence-electron chi connectivity index (χ3n) is 3.21. The van der Waals surface area contributed by atoms with Crippen LogP contribution in [0.2, 0.25) is 0 Å². The van der Waals surface area contributed by atoms with Crippen LogP contribution in [0.3, 0.4) is 0 Å². The molecule has 0 amide bonds. The molecule has 1 aromatic rings. The summed E-state index contributed by atoms with van der Waals surface area (Å²) in [5.41, 5.74) is 1.65. The molecule has 0 saturated carbocycles. The van der Waals surface area contributed by atoms with Crippen LogP contribution >= 0.6 is 0 Å². The van der Waals surface area contributed by atoms with E-state index >= 15 is 0 Å². The molecule has 0 bridgehead atoms. The minimum absolute atomic E-state index is 0.661. The second kappa shape index (κ2) is 5.49. The molecule has 2 rings (SSSR count). The van der Waals surface area contributed by atoms with Crippen LogP contribution in [0.25, 0.3) is 0 Å². The van der Waals surface area contributed by atoms with Gasteiger partial charge in [0, 0.05) is 12.7 Å². The van der Waals surface area contributed by atoms with Crippen molar-refractivity contribution in [3.63, 3.8) is 0 Å². The number of nitrogens with one attached hydrogen (secondary N) is 1. The van der Waals surface area contributed by atoms with Crippen LogP contribution in [-0.2, 0) is 0 Å². The van der Waals surface area contributed by atoms with Gasteiger partial charge in [-0.15, -0.1) is 0 Å². The van der Waals surface area contributed by atoms with Crippen molar-refractivity contribution in [2.24, 2.45) is 5.92 Å². The van der Waals surface area contributed by atoms with Crippen molar-refractivity contribution in [3.05, 3.63) is 35.5 Å². The van der Waals surface area contributed by atoms with Gasteiger partial charge in [0.2, 0.25) is 0 Å². The molecular weight excluding hydrogens is 210 g/mol. The molecule has 88 valence electrons. The lowest BCUT2D eigenvalue weighted by Gasteiger charge is -2.19. The highest BCUT2D eigenvalue weighted by Crippen LogP contribution is 2.20. The number of allylic oxidation sites excluding steroid dienone is 2. The number of nitriles is 1. The standard InChI is InChI=1S/C14H17N3/c1-11-7-8-16-14(13(11)9-15)17-10-12-5-3-2-4-6-12/h2-3,7-8,12H,4-6,10H2,1H3,(H,16,17). The maximum Gasteiger partial charge on any atom is 0.144 e. The van der Waals surface area contributed by atoms with E-state index in [-0.39, 0.29) is 0 Å². The van der Waals surface area contributed by atoms with Gasteiger partial charge in [-0.05, 0) is 43.7 Å². The van der Waals surface area contributed by atoms with Crippen molar-refractivity contribution < 1.29 is 0 Å². The van der Waals surface area contributed by atoms with Crippen molar-refractivity contribution in [1.82, 2.24) is 4.98 Å². The molecule has 0 spiro atoms. The third kappa shape index (κ3) is 2.85. The zero-order valence-electron chi connectivity index (χ0n) is 10.1. The molecule has 0 saturated heterocycles. The highest BCUT2D eigenvalue weighted by Gasteiger charge is 2.11. The van der Waals surface area contributed by atoms with E-state index in [4.69, 9.17) is 5.26 Å². The third-order valence-corrected chi connectivity index (χ3v) is 3.21. The first kappa shape index (κ1) is 11.7. The van der Waals surface area contributed by atoms with Crippen LogP contribution < -0.4 is 5.32 Å². The number of aryl methyl sites for hydroxylation is 1. The van der Waals surface area contributed by atoms with Gasteiger partial charge in [0.15, 0.2) is 0 Å². The van der Waals surface area contributed by atoms with Gasteiger partial charge in [0.1, 0.15) is 11.9 Å². The van der Waals surface area contributed by atoms with Crippen LogP contribution in [0.4, 0.5) is 5.82 Å². The summed E-state index contributed by atoms with van der Waals surface area (Å²) in [6, 6.07) is 4.08. The summed E-state index contributed by atoms with van der Waals surface area (Å²) >= 11 is 0. The minimum atomic E-state index is 0.661. The number of anilines is 1. The molecule has 3 heteroatoms. The molecule has 1 aliphatic carbocycles. The van der Waals surface area contributed by atoms with Gasteiger partial charge < -0.3 is 5.32 Å². The van der Waals surface area contributed by atoms with Crippen molar-refractivity contribution in [2.75, 3.05) is 11.9 Å². The summed E-state index contributed by atoms with van der Waals surface area (Å²) < 4.78 is 0. The van der Waals surface area contributed by atoms with Crippen LogP contribution in [0.1, 0.15) is 30.4 Å². The number of hydrogen-bond acceptors (Lipinski definition) is 3. The first-order valence-electron chi connectivity index (χ1n) is 6.06. The summed E-state index contributed by atoms with van der Waals surface area (Å²) in [5, 5.41) is 12.4. The van der Waals surface area contributed by atoms with E-state index in [9.17, 15) is 0 Å². The smallest absolute Gasteiger partial charge is 0.144 e. The molecule has 0 aromatic carbocycles. The number of hydrogen-bond donors (Lipinski definition) is 1. The Balaban J connectivity index is 2.01. The van der Waals surface area contributed by atoms with E-state index in [1.54, 1.807) is 6.20 Å². The summed E-state index contributed by atoms with van der Waals surface area (Å²) in [6.45, 7) is 2.84. The zero-order chi connectivity index (χ0) is 12.1. The first-order chi connectivity index (χ1) is 8.31. The summed E-state index contributed by atoms with van der Waals surface area (Å²) in [7, 11) is 0. The molecule has 1 aromatic heterocycles. The average Bonchev–Trinajstić information content (AvgIpc) is 2.37. The Labute approximate surface area is 102 Å². The van der Waals surface area contributed by atoms with Gasteiger partial charge in [-0.25, -0.2) is 4.98 Å². The van der Waals surface area contributed by atoms with Crippen molar-refractivity contribution in [1.29, 1.82) is 5.26 Å². The minimum Gasteiger partial charge on any atom is -0.369 e. The Morgan fingerprint density at radius 3 is 3.12 bits per heavy atom. The van der Waals surface area contributed by atoms with Gasteiger partial charge in [-0.3, -0.25) is 0 Å². The second-order valence-electron chi connectivity index (χ2n) is 4.49. The topological polar surface area (TPSA) is 48.7 Å². The lowest BCUT2D eigenvalue weighted by Crippen LogP contribution is -2.16. The van der Waals surface area contributed by atoms with E-state index in [0.717, 1.165) is 24.3 Å². The summed E-state index contributed by atoms with van der Waals surface area (Å²) in [6.07, 6.45) is 9.74. The van der Waals surface area contributed by atoms with Gasteiger partial charge in [0.05, 0.1) is 5.56 Å². The van der Waals surface area contributed by atoms with Crippen molar-refractivity contribution >= 4 is 5.82 Å². The van der Waals surface area contributed by atoms with Gasteiger partial charge in [0.25, 0.3) is 0 Å². The quantitative estimate of drug-likeness (QED) is 0.807. The molecule has 1 heterocycles. The molecule has 1 atom stereocenters. The molecule has 0 aliphatic heterocycles. The zero-order valence-corrected chi connectivity index (χ0v) is 10.1. The lowest BCUT2D eigenvalue weighted by atomic mass is 9.94. The fourth-order valence-electron chi connectivity index (χ4n) is 2.12. The fourth-order valence-corrected chi connectivity index (χ4v) is 2.12. The van der Waals surface area contributed by atoms with E-state index in [0.29, 0.717) is 11.5 Å². The van der Waals surface area contributed by atoms with E-state index in [1.807, 2.05) is 13.0 Å². The Hall–Kier alpha value is -1.82. The highest BCUT2D eigenvalue weighted by atomic mass is 15.0. The normalized spacial score (nSPS) is 18.7. The molecular formula is C14H17N3. The average molecular weight is 227 g/mol. The molecule has 3 nitrogen and oxygen atoms in total. The largest absolute Gasteiger partial charge is 0.369 e. The molecule has 1 N–H and O–H groups in total. The Bertz CT molecular complexity index is 457. The van der Waals surface area contributed by atoms with E-state index in [1.165, 1.54) is 12.8 Å². The maximum absolute atomic E-state index is 9.10. The Morgan fingerprint density at radius 2 is 2.41 bits per heavy atom. The van der Waals surface area contributed by atoms with Crippen molar-refractivity contribution in [2.45, 2.75) is 26.2 Å². The van der Waals surface area contributed by atoms with Crippen LogP contribution in [0.15, 0.2) is 24.4 Å². The van der Waals surface area contributed by atoms with Gasteiger partial charge in [-0.1, -0.05) is 12.2 Å². The van der Waals surface area contributed by atoms with E-state index < -0.39 is 0 Å². The highest BCUT2D eigenvalue weighted by molar-refractivity contribution is 5.55. The van der Waals surface area contributed by atoms with Crippen LogP contribution in [0, 0.1) is 24.2 Å². The molecule has 1 aliphatic rings. The summed E-state index contributed by atoms with van der Waals surface area (Å²) in [4.78, 5) is 4.24. The lowest BCUT2D eigenvalue weighted by molar-refractivity contribution is 0.503. The Kier molecular flexibility index (Phi) is 3.77. The van der Waals surface area contributed by atoms with Crippen LogP contribution in [-0.4, -0.2) is 11.5 Å². The molecule has 0 radical (unpaired) electrons. The molecule has 0 fully saturated rings. The van der Waals surface area contributed by atoms with Gasteiger partial charge >= 0.3 is 0 Å². The Morgan fingerprint density at radius 1 is 1.53 bits per heavy atom. The number of rotatable bonds is 3. The first-order valence-corrected chi connectivity index (χ1v) is 6.06. The number of nitrogens with zero attached hydrogens (tertiary/aromatic N) is 2. The number of aromatic nitrogens is 1. The summed E-state index contributed by atoms with van der Waals surface area (Å²) in [5.74, 6) is 1.39. The van der Waals surface area contributed by atoms with E-state index in [2.05, 4.69) is 28.5 Å². The molecule has 1 unspecified atom stereocenters. The number of pyridine rings is 1. The molecule has 17 heavy (non-hydrogen) atoms. The monoisotopic (exact) mass is 227 g/mol. The fraction of sp³-hybridized carbons (Fsp3) is 0.429. The van der Waals surface area contributed by atoms with Crippen LogP contribution in [0.5, 0.6) is 0 Å². The SMILES string of the molecule is Cc1ccnc(NCC2CC=CCC2)c1C#N. The maximum atomic E-state index is 9.10. The predicted molar refractivity (Wildman–Crippen MR) is 68.7 cm³/mol. The van der Waals surface area contributed by atoms with Gasteiger partial charge in [-0.2, -0.15) is 5.26 Å². The second-order valence-corrected chi connectivity index (χ2v) is 4.49.